The summed E-state index contributed by atoms with van der Waals surface area (Å²) in [5, 5.41) is 2.62. The van der Waals surface area contributed by atoms with Crippen LogP contribution in [0.4, 0.5) is 10.5 Å². The number of imide groups is 2. The first-order valence-electron chi connectivity index (χ1n) is 9.48. The van der Waals surface area contributed by atoms with Crippen molar-refractivity contribution in [2.45, 2.75) is 13.3 Å². The Balaban J connectivity index is 2.02. The third kappa shape index (κ3) is 4.76. The van der Waals surface area contributed by atoms with Crippen LogP contribution in [0.1, 0.15) is 29.3 Å². The molecule has 0 aromatic heterocycles. The Labute approximate surface area is 193 Å². The average Bonchev–Trinajstić information content (AvgIpc) is 2.75. The van der Waals surface area contributed by atoms with Crippen LogP contribution >= 0.6 is 23.2 Å². The van der Waals surface area contributed by atoms with Crippen LogP contribution in [-0.2, 0) is 14.3 Å². The molecule has 2 aromatic rings. The third-order valence-corrected chi connectivity index (χ3v) is 4.93. The number of barbiturate groups is 1. The molecule has 2 aromatic carbocycles. The molecule has 0 saturated carbocycles. The Bertz CT molecular complexity index is 1130. The lowest BCUT2D eigenvalue weighted by atomic mass is 10.1. The first-order valence-corrected chi connectivity index (χ1v) is 10.2. The molecule has 3 rings (SSSR count). The predicted octanol–water partition coefficient (Wildman–Crippen LogP) is 4.24. The number of urea groups is 1. The minimum atomic E-state index is -0.922. The summed E-state index contributed by atoms with van der Waals surface area (Å²) in [6, 6.07) is 7.64. The third-order valence-electron chi connectivity index (χ3n) is 4.44. The number of methoxy groups -OCH3 is 1. The summed E-state index contributed by atoms with van der Waals surface area (Å²) in [5.74, 6) is -2.04. The van der Waals surface area contributed by atoms with Crippen molar-refractivity contribution in [3.63, 3.8) is 0 Å². The monoisotopic (exact) mass is 476 g/mol. The highest BCUT2D eigenvalue weighted by Crippen LogP contribution is 2.35. The van der Waals surface area contributed by atoms with Gasteiger partial charge in [-0.05, 0) is 48.9 Å². The number of benzene rings is 2. The van der Waals surface area contributed by atoms with Crippen molar-refractivity contribution in [2.75, 3.05) is 18.6 Å². The number of amides is 4. The summed E-state index contributed by atoms with van der Waals surface area (Å²) in [6.07, 6.45) is 1.97. The second-order valence-electron chi connectivity index (χ2n) is 6.65. The van der Waals surface area contributed by atoms with Gasteiger partial charge in [0.05, 0.1) is 30.0 Å². The first-order chi connectivity index (χ1) is 15.3. The van der Waals surface area contributed by atoms with Gasteiger partial charge in [-0.1, -0.05) is 30.1 Å². The van der Waals surface area contributed by atoms with E-state index in [1.807, 2.05) is 6.92 Å². The highest BCUT2D eigenvalue weighted by molar-refractivity contribution is 6.40. The Morgan fingerprint density at radius 3 is 2.44 bits per heavy atom. The van der Waals surface area contributed by atoms with Gasteiger partial charge in [0, 0.05) is 10.6 Å². The SMILES string of the molecule is CCCOc1c(Cl)cc(Cl)cc1/C=C1\C(=O)NC(=O)N(c2ccc(C(=O)OC)cc2)C1=O. The molecule has 4 amide bonds. The standard InChI is InChI=1S/C22H18Cl2N2O6/c1-3-8-32-18-13(9-14(23)11-17(18)24)10-16-19(27)25-22(30)26(20(16)28)15-6-4-12(5-7-15)21(29)31-2/h4-7,9-11H,3,8H2,1-2H3,(H,25,27,30)/b16-10+. The molecular weight excluding hydrogens is 459 g/mol. The predicted molar refractivity (Wildman–Crippen MR) is 119 cm³/mol. The fourth-order valence-corrected chi connectivity index (χ4v) is 3.52. The van der Waals surface area contributed by atoms with E-state index < -0.39 is 23.8 Å². The summed E-state index contributed by atoms with van der Waals surface area (Å²) >= 11 is 12.3. The molecule has 1 aliphatic heterocycles. The van der Waals surface area contributed by atoms with Crippen LogP contribution in [-0.4, -0.2) is 37.5 Å². The van der Waals surface area contributed by atoms with Gasteiger partial charge in [-0.15, -0.1) is 0 Å². The minimum Gasteiger partial charge on any atom is -0.491 e. The van der Waals surface area contributed by atoms with Crippen molar-refractivity contribution in [3.8, 4) is 5.75 Å². The van der Waals surface area contributed by atoms with Crippen molar-refractivity contribution in [1.82, 2.24) is 5.32 Å². The van der Waals surface area contributed by atoms with E-state index in [4.69, 9.17) is 27.9 Å². The minimum absolute atomic E-state index is 0.158. The van der Waals surface area contributed by atoms with Gasteiger partial charge in [-0.2, -0.15) is 0 Å². The van der Waals surface area contributed by atoms with Gasteiger partial charge in [-0.25, -0.2) is 14.5 Å². The molecular formula is C22H18Cl2N2O6. The van der Waals surface area contributed by atoms with Crippen LogP contribution in [0, 0.1) is 0 Å². The first kappa shape index (κ1) is 23.3. The van der Waals surface area contributed by atoms with Crippen LogP contribution in [0.5, 0.6) is 5.75 Å². The molecule has 1 fully saturated rings. The Morgan fingerprint density at radius 2 is 1.81 bits per heavy atom. The van der Waals surface area contributed by atoms with E-state index in [0.29, 0.717) is 18.6 Å². The highest BCUT2D eigenvalue weighted by atomic mass is 35.5. The highest BCUT2D eigenvalue weighted by Gasteiger charge is 2.37. The van der Waals surface area contributed by atoms with E-state index in [0.717, 1.165) is 4.90 Å². The number of esters is 1. The van der Waals surface area contributed by atoms with Gasteiger partial charge < -0.3 is 9.47 Å². The second kappa shape index (κ2) is 9.84. The molecule has 1 heterocycles. The normalized spacial score (nSPS) is 15.1. The van der Waals surface area contributed by atoms with Gasteiger partial charge in [0.1, 0.15) is 11.3 Å². The number of carbonyl (C=O) groups is 4. The van der Waals surface area contributed by atoms with E-state index in [1.165, 1.54) is 49.6 Å². The molecule has 0 atom stereocenters. The number of ether oxygens (including phenoxy) is 2. The molecule has 0 aliphatic carbocycles. The lowest BCUT2D eigenvalue weighted by molar-refractivity contribution is -0.122. The molecule has 8 nitrogen and oxygen atoms in total. The lowest BCUT2D eigenvalue weighted by Gasteiger charge is -2.26. The number of hydrogen-bond donors (Lipinski definition) is 1. The molecule has 0 bridgehead atoms. The summed E-state index contributed by atoms with van der Waals surface area (Å²) in [5.41, 5.74) is 0.385. The van der Waals surface area contributed by atoms with Crippen LogP contribution in [0.25, 0.3) is 6.08 Å². The van der Waals surface area contributed by atoms with E-state index in [1.54, 1.807) is 0 Å². The van der Waals surface area contributed by atoms with Crippen molar-refractivity contribution < 1.29 is 28.7 Å². The zero-order valence-corrected chi connectivity index (χ0v) is 18.6. The zero-order chi connectivity index (χ0) is 23.4. The van der Waals surface area contributed by atoms with Crippen LogP contribution in [0.15, 0.2) is 42.0 Å². The summed E-state index contributed by atoms with van der Waals surface area (Å²) < 4.78 is 10.3. The van der Waals surface area contributed by atoms with Crippen LogP contribution in [0.2, 0.25) is 10.0 Å². The number of nitrogens with one attached hydrogen (secondary N) is 1. The van der Waals surface area contributed by atoms with Crippen molar-refractivity contribution >= 4 is 58.8 Å². The molecule has 0 spiro atoms. The quantitative estimate of drug-likeness (QED) is 0.380. The van der Waals surface area contributed by atoms with Gasteiger partial charge in [-0.3, -0.25) is 14.9 Å². The molecule has 0 radical (unpaired) electrons. The molecule has 0 unspecified atom stereocenters. The molecule has 32 heavy (non-hydrogen) atoms. The number of hydrogen-bond acceptors (Lipinski definition) is 6. The molecule has 1 N–H and O–H groups in total. The second-order valence-corrected chi connectivity index (χ2v) is 7.49. The lowest BCUT2D eigenvalue weighted by Crippen LogP contribution is -2.54. The summed E-state index contributed by atoms with van der Waals surface area (Å²) in [6.45, 7) is 2.27. The largest absolute Gasteiger partial charge is 0.491 e. The van der Waals surface area contributed by atoms with E-state index in [-0.39, 0.29) is 32.6 Å². The molecule has 10 heteroatoms. The van der Waals surface area contributed by atoms with Crippen molar-refractivity contribution in [3.05, 3.63) is 63.1 Å². The maximum absolute atomic E-state index is 13.1. The number of halogens is 2. The van der Waals surface area contributed by atoms with E-state index in [2.05, 4.69) is 10.1 Å². The maximum atomic E-state index is 13.1. The number of nitrogens with zero attached hydrogens (tertiary/aromatic N) is 1. The van der Waals surface area contributed by atoms with Crippen LogP contribution < -0.4 is 15.0 Å². The topological polar surface area (TPSA) is 102 Å². The Kier molecular flexibility index (Phi) is 7.17. The van der Waals surface area contributed by atoms with Crippen LogP contribution in [0.3, 0.4) is 0 Å². The fraction of sp³-hybridized carbons (Fsp3) is 0.182. The van der Waals surface area contributed by atoms with Gasteiger partial charge in [0.25, 0.3) is 11.8 Å². The fourth-order valence-electron chi connectivity index (χ4n) is 2.96. The van der Waals surface area contributed by atoms with Gasteiger partial charge in [0.2, 0.25) is 0 Å². The molecule has 1 saturated heterocycles. The summed E-state index contributed by atoms with van der Waals surface area (Å²) in [4.78, 5) is 50.4. The summed E-state index contributed by atoms with van der Waals surface area (Å²) in [7, 11) is 1.24. The van der Waals surface area contributed by atoms with E-state index in [9.17, 15) is 19.2 Å². The van der Waals surface area contributed by atoms with Gasteiger partial charge in [0.15, 0.2) is 0 Å². The van der Waals surface area contributed by atoms with Crippen molar-refractivity contribution in [2.24, 2.45) is 0 Å². The maximum Gasteiger partial charge on any atom is 0.337 e. The zero-order valence-electron chi connectivity index (χ0n) is 17.1. The average molecular weight is 477 g/mol. The number of carbonyl (C=O) groups excluding carboxylic acids is 4. The Hall–Kier alpha value is -3.36. The number of rotatable bonds is 6. The molecule has 1 aliphatic rings. The smallest absolute Gasteiger partial charge is 0.337 e. The molecule has 166 valence electrons. The Morgan fingerprint density at radius 1 is 1.12 bits per heavy atom. The van der Waals surface area contributed by atoms with Gasteiger partial charge >= 0.3 is 12.0 Å². The van der Waals surface area contributed by atoms with E-state index >= 15 is 0 Å². The van der Waals surface area contributed by atoms with Crippen molar-refractivity contribution in [1.29, 1.82) is 0 Å². The number of anilines is 1.